The Morgan fingerprint density at radius 2 is 1.76 bits per heavy atom. The van der Waals surface area contributed by atoms with E-state index in [2.05, 4.69) is 48.6 Å². The number of nitrogens with one attached hydrogen (secondary N) is 1. The van der Waals surface area contributed by atoms with Crippen LogP contribution in [-0.2, 0) is 9.73 Å². The highest BCUT2D eigenvalue weighted by molar-refractivity contribution is 7.92. The Kier molecular flexibility index (Phi) is 6.27. The predicted octanol–water partition coefficient (Wildman–Crippen LogP) is 4.69. The van der Waals surface area contributed by atoms with Crippen LogP contribution < -0.4 is 10.2 Å². The van der Waals surface area contributed by atoms with Crippen molar-refractivity contribution in [2.24, 2.45) is 4.36 Å². The summed E-state index contributed by atoms with van der Waals surface area (Å²) >= 11 is 0. The van der Waals surface area contributed by atoms with E-state index < -0.39 is 9.73 Å². The van der Waals surface area contributed by atoms with Crippen LogP contribution in [0.2, 0.25) is 0 Å². The average molecular weight is 535 g/mol. The molecule has 4 aromatic rings. The zero-order chi connectivity index (χ0) is 26.4. The lowest BCUT2D eigenvalue weighted by Gasteiger charge is -2.34. The van der Waals surface area contributed by atoms with Crippen molar-refractivity contribution in [3.8, 4) is 5.82 Å². The number of nitrogens with zero attached hydrogens (tertiary/aromatic N) is 7. The van der Waals surface area contributed by atoms with Gasteiger partial charge in [-0.15, -0.1) is 0 Å². The van der Waals surface area contributed by atoms with Crippen molar-refractivity contribution >= 4 is 43.9 Å². The van der Waals surface area contributed by atoms with E-state index in [4.69, 9.17) is 4.98 Å². The van der Waals surface area contributed by atoms with Gasteiger partial charge < -0.3 is 15.1 Å². The summed E-state index contributed by atoms with van der Waals surface area (Å²) in [6, 6.07) is 13.5. The molecule has 0 spiro atoms. The van der Waals surface area contributed by atoms with Crippen LogP contribution in [-0.4, -0.2) is 74.4 Å². The van der Waals surface area contributed by atoms with Crippen molar-refractivity contribution < 1.29 is 8.60 Å². The fraction of sp³-hybridized carbons (Fsp3) is 0.370. The molecule has 0 radical (unpaired) electrons. The van der Waals surface area contributed by atoms with E-state index in [0.717, 1.165) is 44.7 Å². The van der Waals surface area contributed by atoms with Crippen LogP contribution in [0.25, 0.3) is 16.9 Å². The molecule has 9 nitrogen and oxygen atoms in total. The quantitative estimate of drug-likeness (QED) is 0.384. The fourth-order valence-electron chi connectivity index (χ4n) is 4.82. The third-order valence-electron chi connectivity index (χ3n) is 6.90. The summed E-state index contributed by atoms with van der Waals surface area (Å²) in [5.41, 5.74) is 3.03. The van der Waals surface area contributed by atoms with Crippen molar-refractivity contribution in [1.82, 2.24) is 24.4 Å². The average Bonchev–Trinajstić information content (AvgIpc) is 3.68. The molecule has 0 atom stereocenters. The number of pyridine rings is 1. The Hall–Kier alpha value is -3.57. The molecule has 2 aliphatic rings. The van der Waals surface area contributed by atoms with E-state index in [1.165, 1.54) is 11.9 Å². The summed E-state index contributed by atoms with van der Waals surface area (Å²) in [6.45, 7) is 4.11. The molecule has 4 heterocycles. The molecule has 1 N–H and O–H groups in total. The number of piperazine rings is 1. The lowest BCUT2D eigenvalue weighted by molar-refractivity contribution is 0.313. The predicted molar refractivity (Wildman–Crippen MR) is 150 cm³/mol. The second-order valence-corrected chi connectivity index (χ2v) is 12.9. The first-order chi connectivity index (χ1) is 18.2. The third kappa shape index (κ3) is 5.08. The van der Waals surface area contributed by atoms with E-state index in [9.17, 15) is 4.21 Å². The summed E-state index contributed by atoms with van der Waals surface area (Å²) in [6.07, 6.45) is 6.47. The number of hydrogen-bond acceptors (Lipinski definition) is 8. The van der Waals surface area contributed by atoms with E-state index >= 15 is 4.39 Å². The highest BCUT2D eigenvalue weighted by Crippen LogP contribution is 2.45. The van der Waals surface area contributed by atoms with Gasteiger partial charge in [0.1, 0.15) is 5.82 Å². The van der Waals surface area contributed by atoms with Gasteiger partial charge in [0.2, 0.25) is 5.95 Å². The Bertz CT molecular complexity index is 1610. The van der Waals surface area contributed by atoms with Gasteiger partial charge in [0.05, 0.1) is 11.1 Å². The highest BCUT2D eigenvalue weighted by atomic mass is 32.2. The van der Waals surface area contributed by atoms with Crippen molar-refractivity contribution in [3.05, 3.63) is 60.2 Å². The SMILES string of the molecule is CN1CCN(c2ccc(Nc3ncc4c(F)c(C5CC5)n(-c5cccc(N=S(C)(C)=O)n5)c4n3)cc2)CC1. The summed E-state index contributed by atoms with van der Waals surface area (Å²) in [7, 11) is -0.247. The molecular formula is C27H31FN8OS. The van der Waals surface area contributed by atoms with Crippen LogP contribution >= 0.6 is 0 Å². The minimum atomic E-state index is -2.39. The van der Waals surface area contributed by atoms with Crippen LogP contribution in [0.3, 0.4) is 0 Å². The molecule has 2 fully saturated rings. The largest absolute Gasteiger partial charge is 0.369 e. The molecule has 3 aromatic heterocycles. The summed E-state index contributed by atoms with van der Waals surface area (Å²) in [4.78, 5) is 18.4. The lowest BCUT2D eigenvalue weighted by atomic mass is 10.2. The van der Waals surface area contributed by atoms with Crippen LogP contribution in [0.1, 0.15) is 24.5 Å². The van der Waals surface area contributed by atoms with Crippen molar-refractivity contribution in [3.63, 3.8) is 0 Å². The van der Waals surface area contributed by atoms with E-state index in [1.807, 2.05) is 12.1 Å². The number of halogens is 1. The zero-order valence-corrected chi connectivity index (χ0v) is 22.6. The summed E-state index contributed by atoms with van der Waals surface area (Å²) in [5, 5.41) is 3.62. The van der Waals surface area contributed by atoms with Crippen molar-refractivity contribution in [2.75, 3.05) is 56.0 Å². The standard InChI is InChI=1S/C27H31FN8OS/c1-34-13-15-35(16-14-34)20-11-9-19(10-12-20)30-27-29-17-21-24(28)25(18-7-8-18)36(26(21)32-27)23-6-4-5-22(31-23)33-38(2,3)37/h4-6,9-12,17-18H,7-8,13-16H2,1-3H3,(H,29,30,32). The maximum absolute atomic E-state index is 15.6. The number of hydrogen-bond donors (Lipinski definition) is 1. The topological polar surface area (TPSA) is 91.5 Å². The molecule has 0 unspecified atom stereocenters. The smallest absolute Gasteiger partial charge is 0.229 e. The zero-order valence-electron chi connectivity index (χ0n) is 21.8. The first kappa shape index (κ1) is 24.7. The fourth-order valence-corrected chi connectivity index (χ4v) is 5.37. The van der Waals surface area contributed by atoms with Gasteiger partial charge >= 0.3 is 0 Å². The normalized spacial score (nSPS) is 16.7. The molecule has 0 bridgehead atoms. The molecule has 11 heteroatoms. The van der Waals surface area contributed by atoms with Gasteiger partial charge in [0, 0.05) is 71.9 Å². The number of aromatic nitrogens is 4. The minimum absolute atomic E-state index is 0.103. The number of anilines is 3. The molecule has 1 aliphatic heterocycles. The Morgan fingerprint density at radius 1 is 1.03 bits per heavy atom. The second-order valence-electron chi connectivity index (χ2n) is 10.3. The van der Waals surface area contributed by atoms with Gasteiger partial charge in [-0.05, 0) is 56.3 Å². The molecule has 1 aromatic carbocycles. The number of benzene rings is 1. The van der Waals surface area contributed by atoms with E-state index in [0.29, 0.717) is 34.3 Å². The summed E-state index contributed by atoms with van der Waals surface area (Å²) in [5.74, 6) is 0.995. The van der Waals surface area contributed by atoms with Crippen LogP contribution in [0.5, 0.6) is 0 Å². The Balaban J connectivity index is 1.35. The number of rotatable bonds is 6. The molecule has 1 aliphatic carbocycles. The molecular weight excluding hydrogens is 503 g/mol. The van der Waals surface area contributed by atoms with Crippen molar-refractivity contribution in [1.29, 1.82) is 0 Å². The molecule has 198 valence electrons. The van der Waals surface area contributed by atoms with Gasteiger partial charge in [-0.3, -0.25) is 4.57 Å². The van der Waals surface area contributed by atoms with Gasteiger partial charge in [-0.2, -0.15) is 9.35 Å². The molecule has 0 amide bonds. The van der Waals surface area contributed by atoms with Crippen LogP contribution in [0.4, 0.5) is 27.5 Å². The third-order valence-corrected chi connectivity index (χ3v) is 7.53. The summed E-state index contributed by atoms with van der Waals surface area (Å²) < 4.78 is 33.8. The maximum atomic E-state index is 15.6. The maximum Gasteiger partial charge on any atom is 0.229 e. The van der Waals surface area contributed by atoms with E-state index in [-0.39, 0.29) is 11.7 Å². The molecule has 1 saturated carbocycles. The van der Waals surface area contributed by atoms with Gasteiger partial charge in [-0.1, -0.05) is 6.07 Å². The second kappa shape index (κ2) is 9.63. The first-order valence-electron chi connectivity index (χ1n) is 12.8. The van der Waals surface area contributed by atoms with Crippen LogP contribution in [0, 0.1) is 5.82 Å². The first-order valence-corrected chi connectivity index (χ1v) is 15.1. The van der Waals surface area contributed by atoms with Crippen LogP contribution in [0.15, 0.2) is 53.0 Å². The molecule has 38 heavy (non-hydrogen) atoms. The molecule has 1 saturated heterocycles. The molecule has 6 rings (SSSR count). The lowest BCUT2D eigenvalue weighted by Crippen LogP contribution is -2.44. The Morgan fingerprint density at radius 3 is 2.45 bits per heavy atom. The number of fused-ring (bicyclic) bond motifs is 1. The highest BCUT2D eigenvalue weighted by Gasteiger charge is 2.34. The van der Waals surface area contributed by atoms with Gasteiger partial charge in [-0.25, -0.2) is 18.6 Å². The number of likely N-dealkylation sites (N-methyl/N-ethyl adjacent to an activating group) is 1. The monoisotopic (exact) mass is 534 g/mol. The minimum Gasteiger partial charge on any atom is -0.369 e. The van der Waals surface area contributed by atoms with E-state index in [1.54, 1.807) is 35.3 Å². The van der Waals surface area contributed by atoms with Gasteiger partial charge in [0.15, 0.2) is 17.3 Å². The van der Waals surface area contributed by atoms with Gasteiger partial charge in [0.25, 0.3) is 0 Å². The Labute approximate surface area is 221 Å². The van der Waals surface area contributed by atoms with Crippen molar-refractivity contribution in [2.45, 2.75) is 18.8 Å².